The summed E-state index contributed by atoms with van der Waals surface area (Å²) in [6.45, 7) is 9.36. The van der Waals surface area contributed by atoms with Crippen molar-refractivity contribution in [3.63, 3.8) is 0 Å². The normalized spacial score (nSPS) is 19.9. The summed E-state index contributed by atoms with van der Waals surface area (Å²) in [5, 5.41) is 4.78. The summed E-state index contributed by atoms with van der Waals surface area (Å²) in [4.78, 5) is 6.21. The number of aryl methyl sites for hydroxylation is 1. The fourth-order valence-electron chi connectivity index (χ4n) is 2.23. The number of hydrogen-bond donors (Lipinski definition) is 1. The molecule has 0 spiro atoms. The van der Waals surface area contributed by atoms with Crippen molar-refractivity contribution in [2.24, 2.45) is 5.92 Å². The molecule has 18 heavy (non-hydrogen) atoms. The Morgan fingerprint density at radius 3 is 2.94 bits per heavy atom. The minimum atomic E-state index is 0.531. The first kappa shape index (κ1) is 14.0. The molecule has 1 N–H and O–H groups in total. The van der Waals surface area contributed by atoms with Gasteiger partial charge in [-0.3, -0.25) is 0 Å². The second-order valence-corrected chi connectivity index (χ2v) is 6.47. The van der Waals surface area contributed by atoms with E-state index < -0.39 is 0 Å². The van der Waals surface area contributed by atoms with Gasteiger partial charge in [-0.1, -0.05) is 20.8 Å². The first-order valence-corrected chi connectivity index (χ1v) is 7.79. The highest BCUT2D eigenvalue weighted by Crippen LogP contribution is 2.25. The largest absolute Gasteiger partial charge is 0.381 e. The summed E-state index contributed by atoms with van der Waals surface area (Å²) in [5.74, 6) is 0.687. The van der Waals surface area contributed by atoms with Gasteiger partial charge in [-0.2, -0.15) is 0 Å². The van der Waals surface area contributed by atoms with Crippen molar-refractivity contribution in [3.8, 4) is 0 Å². The molecule has 1 saturated heterocycles. The lowest BCUT2D eigenvalue weighted by atomic mass is 10.1. The molecule has 1 fully saturated rings. The maximum atomic E-state index is 5.44. The molecule has 0 aliphatic carbocycles. The van der Waals surface area contributed by atoms with Crippen molar-refractivity contribution < 1.29 is 4.74 Å². The SMILES string of the molecule is CCc1nc(CC2CCOC2)sc1CNC(C)C. The van der Waals surface area contributed by atoms with Crippen molar-refractivity contribution in [3.05, 3.63) is 15.6 Å². The van der Waals surface area contributed by atoms with E-state index in [2.05, 4.69) is 26.1 Å². The second kappa shape index (κ2) is 6.64. The molecule has 0 saturated carbocycles. The molecule has 0 radical (unpaired) electrons. The van der Waals surface area contributed by atoms with E-state index in [1.54, 1.807) is 0 Å². The minimum absolute atomic E-state index is 0.531. The van der Waals surface area contributed by atoms with Crippen LogP contribution >= 0.6 is 11.3 Å². The highest BCUT2D eigenvalue weighted by molar-refractivity contribution is 7.11. The van der Waals surface area contributed by atoms with Crippen LogP contribution in [0.4, 0.5) is 0 Å². The van der Waals surface area contributed by atoms with Gasteiger partial charge < -0.3 is 10.1 Å². The lowest BCUT2D eigenvalue weighted by Crippen LogP contribution is -2.21. The molecule has 1 aliphatic heterocycles. The van der Waals surface area contributed by atoms with Gasteiger partial charge in [0, 0.05) is 37.1 Å². The number of thiazole rings is 1. The number of rotatable bonds is 6. The summed E-state index contributed by atoms with van der Waals surface area (Å²) in [6.07, 6.45) is 3.33. The predicted octanol–water partition coefficient (Wildman–Crippen LogP) is 2.78. The average Bonchev–Trinajstić information content (AvgIpc) is 2.96. The molecule has 0 amide bonds. The minimum Gasteiger partial charge on any atom is -0.381 e. The third-order valence-corrected chi connectivity index (χ3v) is 4.44. The van der Waals surface area contributed by atoms with E-state index in [4.69, 9.17) is 9.72 Å². The van der Waals surface area contributed by atoms with Crippen molar-refractivity contribution in [1.82, 2.24) is 10.3 Å². The Labute approximate surface area is 114 Å². The molecule has 1 atom stereocenters. The predicted molar refractivity (Wildman–Crippen MR) is 76.1 cm³/mol. The third kappa shape index (κ3) is 3.77. The zero-order chi connectivity index (χ0) is 13.0. The molecule has 2 heterocycles. The Bertz CT molecular complexity index is 370. The number of nitrogens with zero attached hydrogens (tertiary/aromatic N) is 1. The van der Waals surface area contributed by atoms with Crippen LogP contribution in [0.15, 0.2) is 0 Å². The van der Waals surface area contributed by atoms with Crippen LogP contribution in [0, 0.1) is 5.92 Å². The molecule has 1 aliphatic rings. The maximum absolute atomic E-state index is 5.44. The molecule has 0 aromatic carbocycles. The van der Waals surface area contributed by atoms with E-state index >= 15 is 0 Å². The second-order valence-electron chi connectivity index (χ2n) is 5.30. The van der Waals surface area contributed by atoms with Gasteiger partial charge in [-0.25, -0.2) is 4.98 Å². The Hall–Kier alpha value is -0.450. The van der Waals surface area contributed by atoms with Crippen LogP contribution in [0.25, 0.3) is 0 Å². The lowest BCUT2D eigenvalue weighted by Gasteiger charge is -2.06. The van der Waals surface area contributed by atoms with E-state index in [9.17, 15) is 0 Å². The van der Waals surface area contributed by atoms with Crippen molar-refractivity contribution in [2.45, 2.75) is 52.6 Å². The average molecular weight is 268 g/mol. The van der Waals surface area contributed by atoms with Gasteiger partial charge in [-0.05, 0) is 18.8 Å². The molecule has 1 unspecified atom stereocenters. The molecule has 102 valence electrons. The van der Waals surface area contributed by atoms with Gasteiger partial charge >= 0.3 is 0 Å². The Kier molecular flexibility index (Phi) is 5.15. The van der Waals surface area contributed by atoms with E-state index in [1.165, 1.54) is 22.0 Å². The quantitative estimate of drug-likeness (QED) is 0.861. The van der Waals surface area contributed by atoms with Gasteiger partial charge in [0.25, 0.3) is 0 Å². The van der Waals surface area contributed by atoms with Crippen LogP contribution in [-0.4, -0.2) is 24.2 Å². The van der Waals surface area contributed by atoms with Crippen LogP contribution in [-0.2, 0) is 24.1 Å². The molecule has 1 aromatic rings. The van der Waals surface area contributed by atoms with E-state index in [-0.39, 0.29) is 0 Å². The highest BCUT2D eigenvalue weighted by Gasteiger charge is 2.19. The number of aromatic nitrogens is 1. The van der Waals surface area contributed by atoms with Crippen LogP contribution in [0.3, 0.4) is 0 Å². The van der Waals surface area contributed by atoms with Gasteiger partial charge in [0.2, 0.25) is 0 Å². The van der Waals surface area contributed by atoms with Crippen molar-refractivity contribution in [1.29, 1.82) is 0 Å². The Morgan fingerprint density at radius 1 is 1.50 bits per heavy atom. The van der Waals surface area contributed by atoms with Crippen LogP contribution in [0.5, 0.6) is 0 Å². The monoisotopic (exact) mass is 268 g/mol. The van der Waals surface area contributed by atoms with E-state index in [0.717, 1.165) is 32.6 Å². The van der Waals surface area contributed by atoms with E-state index in [1.807, 2.05) is 11.3 Å². The van der Waals surface area contributed by atoms with Gasteiger partial charge in [0.15, 0.2) is 0 Å². The van der Waals surface area contributed by atoms with Gasteiger partial charge in [-0.15, -0.1) is 11.3 Å². The first-order valence-electron chi connectivity index (χ1n) is 6.97. The van der Waals surface area contributed by atoms with Crippen LogP contribution in [0.1, 0.15) is 42.8 Å². The summed E-state index contributed by atoms with van der Waals surface area (Å²) < 4.78 is 5.44. The van der Waals surface area contributed by atoms with E-state index in [0.29, 0.717) is 12.0 Å². The highest BCUT2D eigenvalue weighted by atomic mass is 32.1. The topological polar surface area (TPSA) is 34.1 Å². The summed E-state index contributed by atoms with van der Waals surface area (Å²) >= 11 is 1.88. The fourth-order valence-corrected chi connectivity index (χ4v) is 3.45. The molecular formula is C14H24N2OS. The molecule has 2 rings (SSSR count). The number of ether oxygens (including phenoxy) is 1. The Balaban J connectivity index is 1.98. The van der Waals surface area contributed by atoms with Crippen LogP contribution in [0.2, 0.25) is 0 Å². The van der Waals surface area contributed by atoms with Crippen molar-refractivity contribution >= 4 is 11.3 Å². The molecule has 3 nitrogen and oxygen atoms in total. The van der Waals surface area contributed by atoms with Crippen LogP contribution < -0.4 is 5.32 Å². The molecule has 0 bridgehead atoms. The Morgan fingerprint density at radius 2 is 2.33 bits per heavy atom. The zero-order valence-corrected chi connectivity index (χ0v) is 12.5. The smallest absolute Gasteiger partial charge is 0.0935 e. The summed E-state index contributed by atoms with van der Waals surface area (Å²) in [7, 11) is 0. The molecule has 4 heteroatoms. The summed E-state index contributed by atoms with van der Waals surface area (Å²) in [6, 6.07) is 0.531. The van der Waals surface area contributed by atoms with Gasteiger partial charge in [0.05, 0.1) is 10.7 Å². The zero-order valence-electron chi connectivity index (χ0n) is 11.7. The van der Waals surface area contributed by atoms with Gasteiger partial charge in [0.1, 0.15) is 0 Å². The third-order valence-electron chi connectivity index (χ3n) is 3.32. The fraction of sp³-hybridized carbons (Fsp3) is 0.786. The standard InChI is InChI=1S/C14H24N2OS/c1-4-12-13(8-15-10(2)3)18-14(16-12)7-11-5-6-17-9-11/h10-11,15H,4-9H2,1-3H3. The lowest BCUT2D eigenvalue weighted by molar-refractivity contribution is 0.186. The number of hydrogen-bond acceptors (Lipinski definition) is 4. The first-order chi connectivity index (χ1) is 8.69. The summed E-state index contributed by atoms with van der Waals surface area (Å²) in [5.41, 5.74) is 1.28. The van der Waals surface area contributed by atoms with Crippen molar-refractivity contribution in [2.75, 3.05) is 13.2 Å². The molecule has 1 aromatic heterocycles. The number of nitrogens with one attached hydrogen (secondary N) is 1. The maximum Gasteiger partial charge on any atom is 0.0935 e. The molecular weight excluding hydrogens is 244 g/mol.